The van der Waals surface area contributed by atoms with Crippen molar-refractivity contribution >= 4 is 52.5 Å². The van der Waals surface area contributed by atoms with Crippen LogP contribution in [0, 0.1) is 0 Å². The van der Waals surface area contributed by atoms with Crippen LogP contribution >= 0.6 is 23.4 Å². The Kier molecular flexibility index (Phi) is 7.17. The third-order valence-electron chi connectivity index (χ3n) is 4.29. The molecule has 0 saturated carbocycles. The van der Waals surface area contributed by atoms with Gasteiger partial charge >= 0.3 is 0 Å². The Morgan fingerprint density at radius 3 is 2.52 bits per heavy atom. The summed E-state index contributed by atoms with van der Waals surface area (Å²) in [5.74, 6) is 0.498. The number of nitrogens with zero attached hydrogens (tertiary/aromatic N) is 1. The predicted octanol–water partition coefficient (Wildman–Crippen LogP) is 4.13. The highest BCUT2D eigenvalue weighted by atomic mass is 35.5. The summed E-state index contributed by atoms with van der Waals surface area (Å²) in [6, 6.07) is 13.7. The minimum Gasteiger partial charge on any atom is -0.494 e. The van der Waals surface area contributed by atoms with Crippen molar-refractivity contribution in [3.63, 3.8) is 0 Å². The molecule has 0 unspecified atom stereocenters. The molecule has 6 nitrogen and oxygen atoms in total. The van der Waals surface area contributed by atoms with Crippen LogP contribution in [0.3, 0.4) is 0 Å². The van der Waals surface area contributed by atoms with E-state index in [4.69, 9.17) is 16.3 Å². The zero-order valence-corrected chi connectivity index (χ0v) is 17.5. The van der Waals surface area contributed by atoms with Crippen molar-refractivity contribution in [2.45, 2.75) is 25.0 Å². The lowest BCUT2D eigenvalue weighted by Gasteiger charge is -2.15. The van der Waals surface area contributed by atoms with Crippen LogP contribution in [0.15, 0.2) is 48.5 Å². The number of imide groups is 1. The van der Waals surface area contributed by atoms with E-state index in [0.29, 0.717) is 34.5 Å². The lowest BCUT2D eigenvalue weighted by atomic mass is 10.3. The molecule has 1 heterocycles. The van der Waals surface area contributed by atoms with Crippen molar-refractivity contribution in [3.05, 3.63) is 53.6 Å². The Morgan fingerprint density at radius 2 is 1.86 bits per heavy atom. The van der Waals surface area contributed by atoms with Crippen LogP contribution in [-0.4, -0.2) is 35.3 Å². The zero-order valence-electron chi connectivity index (χ0n) is 15.9. The summed E-state index contributed by atoms with van der Waals surface area (Å²) in [4.78, 5) is 38.3. The number of carbonyl (C=O) groups excluding carboxylic acids is 3. The Bertz CT molecular complexity index is 887. The average molecular weight is 433 g/mol. The van der Waals surface area contributed by atoms with E-state index in [1.54, 1.807) is 48.5 Å². The normalized spacial score (nSPS) is 16.2. The zero-order chi connectivity index (χ0) is 20.8. The molecule has 1 aliphatic heterocycles. The van der Waals surface area contributed by atoms with Gasteiger partial charge in [0.05, 0.1) is 17.5 Å². The fraction of sp³-hybridized carbons (Fsp3) is 0.286. The Balaban J connectivity index is 1.50. The predicted molar refractivity (Wildman–Crippen MR) is 116 cm³/mol. The van der Waals surface area contributed by atoms with Gasteiger partial charge in [-0.05, 0) is 55.5 Å². The smallest absolute Gasteiger partial charge is 0.247 e. The standard InChI is InChI=1S/C21H21ClN2O4S/c1-2-28-17-9-7-16(8-10-17)24-20(26)13-18(21(24)27)29-12-11-19(25)23-15-5-3-14(22)4-6-15/h3-10,18H,2,11-13H2,1H3,(H,23,25)/t18-/m1/s1. The molecule has 1 aliphatic rings. The van der Waals surface area contributed by atoms with Crippen molar-refractivity contribution in [2.75, 3.05) is 22.6 Å². The van der Waals surface area contributed by atoms with Gasteiger partial charge in [-0.25, -0.2) is 4.90 Å². The summed E-state index contributed by atoms with van der Waals surface area (Å²) in [5.41, 5.74) is 1.20. The fourth-order valence-corrected chi connectivity index (χ4v) is 4.14. The second-order valence-corrected chi connectivity index (χ2v) is 8.11. The summed E-state index contributed by atoms with van der Waals surface area (Å²) in [6.07, 6.45) is 0.379. The number of halogens is 1. The van der Waals surface area contributed by atoms with Crippen molar-refractivity contribution < 1.29 is 19.1 Å². The molecular formula is C21H21ClN2O4S. The first kappa shape index (κ1) is 21.2. The topological polar surface area (TPSA) is 75.7 Å². The summed E-state index contributed by atoms with van der Waals surface area (Å²) < 4.78 is 5.39. The van der Waals surface area contributed by atoms with Gasteiger partial charge in [-0.3, -0.25) is 14.4 Å². The average Bonchev–Trinajstić information content (AvgIpc) is 2.98. The molecule has 0 radical (unpaired) electrons. The first-order chi connectivity index (χ1) is 14.0. The lowest BCUT2D eigenvalue weighted by molar-refractivity contribution is -0.121. The largest absolute Gasteiger partial charge is 0.494 e. The molecule has 3 amide bonds. The Morgan fingerprint density at radius 1 is 1.17 bits per heavy atom. The van der Waals surface area contributed by atoms with Crippen molar-refractivity contribution in [1.82, 2.24) is 0 Å². The van der Waals surface area contributed by atoms with Crippen LogP contribution in [-0.2, 0) is 14.4 Å². The Labute approximate surface area is 178 Å². The highest BCUT2D eigenvalue weighted by Crippen LogP contribution is 2.31. The van der Waals surface area contributed by atoms with E-state index in [-0.39, 0.29) is 30.6 Å². The van der Waals surface area contributed by atoms with Gasteiger partial charge in [0.2, 0.25) is 17.7 Å². The highest BCUT2D eigenvalue weighted by molar-refractivity contribution is 8.00. The van der Waals surface area contributed by atoms with Gasteiger partial charge in [-0.1, -0.05) is 11.6 Å². The number of carbonyl (C=O) groups is 3. The number of rotatable bonds is 8. The molecule has 1 fully saturated rings. The summed E-state index contributed by atoms with van der Waals surface area (Å²) in [5, 5.41) is 2.90. The molecule has 1 saturated heterocycles. The SMILES string of the molecule is CCOc1ccc(N2C(=O)C[C@@H](SCCC(=O)Nc3ccc(Cl)cc3)C2=O)cc1. The van der Waals surface area contributed by atoms with Crippen LogP contribution in [0.25, 0.3) is 0 Å². The minimum atomic E-state index is -0.475. The van der Waals surface area contributed by atoms with Crippen LogP contribution in [0.1, 0.15) is 19.8 Å². The van der Waals surface area contributed by atoms with Crippen molar-refractivity contribution in [1.29, 1.82) is 0 Å². The number of thioether (sulfide) groups is 1. The van der Waals surface area contributed by atoms with Crippen molar-refractivity contribution in [3.8, 4) is 5.75 Å². The molecule has 8 heteroatoms. The summed E-state index contributed by atoms with van der Waals surface area (Å²) >= 11 is 7.15. The molecular weight excluding hydrogens is 412 g/mol. The van der Waals surface area contributed by atoms with E-state index < -0.39 is 5.25 Å². The lowest BCUT2D eigenvalue weighted by Crippen LogP contribution is -2.31. The van der Waals surface area contributed by atoms with Gasteiger partial charge in [-0.2, -0.15) is 0 Å². The van der Waals surface area contributed by atoms with E-state index in [0.717, 1.165) is 0 Å². The molecule has 2 aromatic carbocycles. The summed E-state index contributed by atoms with van der Waals surface area (Å²) in [6.45, 7) is 2.43. The monoisotopic (exact) mass is 432 g/mol. The highest BCUT2D eigenvalue weighted by Gasteiger charge is 2.39. The molecule has 3 rings (SSSR count). The molecule has 29 heavy (non-hydrogen) atoms. The summed E-state index contributed by atoms with van der Waals surface area (Å²) in [7, 11) is 0. The molecule has 0 spiro atoms. The number of amides is 3. The number of hydrogen-bond acceptors (Lipinski definition) is 5. The molecule has 0 aliphatic carbocycles. The van der Waals surface area contributed by atoms with Gasteiger partial charge in [-0.15, -0.1) is 11.8 Å². The second-order valence-electron chi connectivity index (χ2n) is 6.36. The maximum atomic E-state index is 12.7. The molecule has 2 aromatic rings. The number of ether oxygens (including phenoxy) is 1. The van der Waals surface area contributed by atoms with Crippen LogP contribution in [0.2, 0.25) is 5.02 Å². The first-order valence-corrected chi connectivity index (χ1v) is 10.7. The van der Waals surface area contributed by atoms with E-state index in [1.165, 1.54) is 16.7 Å². The van der Waals surface area contributed by atoms with Gasteiger partial charge in [0.15, 0.2) is 0 Å². The maximum absolute atomic E-state index is 12.7. The molecule has 152 valence electrons. The first-order valence-electron chi connectivity index (χ1n) is 9.24. The number of hydrogen-bond donors (Lipinski definition) is 1. The van der Waals surface area contributed by atoms with E-state index >= 15 is 0 Å². The number of nitrogens with one attached hydrogen (secondary N) is 1. The van der Waals surface area contributed by atoms with Crippen LogP contribution in [0.4, 0.5) is 11.4 Å². The Hall–Kier alpha value is -2.51. The quantitative estimate of drug-likeness (QED) is 0.634. The van der Waals surface area contributed by atoms with E-state index in [2.05, 4.69) is 5.32 Å². The minimum absolute atomic E-state index is 0.134. The third-order valence-corrected chi connectivity index (χ3v) is 5.75. The number of anilines is 2. The van der Waals surface area contributed by atoms with Gasteiger partial charge in [0, 0.05) is 29.3 Å². The maximum Gasteiger partial charge on any atom is 0.247 e. The van der Waals surface area contributed by atoms with E-state index in [1.807, 2.05) is 6.92 Å². The van der Waals surface area contributed by atoms with Crippen molar-refractivity contribution in [2.24, 2.45) is 0 Å². The van der Waals surface area contributed by atoms with Crippen LogP contribution in [0.5, 0.6) is 5.75 Å². The van der Waals surface area contributed by atoms with Gasteiger partial charge < -0.3 is 10.1 Å². The third kappa shape index (κ3) is 5.52. The molecule has 0 aromatic heterocycles. The molecule has 1 atom stereocenters. The van der Waals surface area contributed by atoms with Gasteiger partial charge in [0.1, 0.15) is 5.75 Å². The van der Waals surface area contributed by atoms with Crippen LogP contribution < -0.4 is 15.0 Å². The fourth-order valence-electron chi connectivity index (χ4n) is 2.91. The van der Waals surface area contributed by atoms with E-state index in [9.17, 15) is 14.4 Å². The molecule has 1 N–H and O–H groups in total. The second kappa shape index (κ2) is 9.80. The number of benzene rings is 2. The molecule has 0 bridgehead atoms. The van der Waals surface area contributed by atoms with Gasteiger partial charge in [0.25, 0.3) is 0 Å².